The first-order valence-corrected chi connectivity index (χ1v) is 8.00. The zero-order chi connectivity index (χ0) is 14.6. The molecular formula is C15H30N4O. The molecule has 20 heavy (non-hydrogen) atoms. The Balaban J connectivity index is 1.78. The fraction of sp³-hybridized carbons (Fsp3) is 0.933. The maximum absolute atomic E-state index is 12.5. The number of nitrogens with one attached hydrogen (secondary N) is 2. The lowest BCUT2D eigenvalue weighted by Crippen LogP contribution is -2.60. The first-order chi connectivity index (χ1) is 9.54. The molecule has 1 unspecified atom stereocenters. The zero-order valence-corrected chi connectivity index (χ0v) is 13.2. The molecule has 2 N–H and O–H groups in total. The molecular weight excluding hydrogens is 252 g/mol. The van der Waals surface area contributed by atoms with E-state index in [1.807, 2.05) is 13.8 Å². The van der Waals surface area contributed by atoms with Gasteiger partial charge in [0, 0.05) is 39.3 Å². The standard InChI is InChI=1S/C15H30N4O/c1-4-18-8-5-13(12-18)11-17-14(20)15(2,3)19-9-6-16-7-10-19/h13,16H,4-12H2,1-3H3,(H,17,20). The van der Waals surface area contributed by atoms with Crippen molar-refractivity contribution in [1.82, 2.24) is 20.4 Å². The molecule has 2 saturated heterocycles. The average molecular weight is 282 g/mol. The summed E-state index contributed by atoms with van der Waals surface area (Å²) in [6.45, 7) is 14.4. The van der Waals surface area contributed by atoms with Gasteiger partial charge in [-0.15, -0.1) is 0 Å². The number of carbonyl (C=O) groups excluding carboxylic acids is 1. The van der Waals surface area contributed by atoms with Gasteiger partial charge < -0.3 is 15.5 Å². The quantitative estimate of drug-likeness (QED) is 0.752. The number of rotatable bonds is 5. The molecule has 5 heteroatoms. The van der Waals surface area contributed by atoms with Crippen molar-refractivity contribution >= 4 is 5.91 Å². The van der Waals surface area contributed by atoms with Crippen LogP contribution in [0.25, 0.3) is 0 Å². The van der Waals surface area contributed by atoms with Crippen LogP contribution in [-0.2, 0) is 4.79 Å². The molecule has 116 valence electrons. The van der Waals surface area contributed by atoms with Gasteiger partial charge in [-0.3, -0.25) is 9.69 Å². The average Bonchev–Trinajstić information content (AvgIpc) is 2.93. The van der Waals surface area contributed by atoms with Crippen LogP contribution in [0.2, 0.25) is 0 Å². The lowest BCUT2D eigenvalue weighted by Gasteiger charge is -2.40. The number of nitrogens with zero attached hydrogens (tertiary/aromatic N) is 2. The molecule has 0 aromatic rings. The number of likely N-dealkylation sites (tertiary alicyclic amines) is 1. The Kier molecular flexibility index (Phi) is 5.41. The molecule has 2 aliphatic rings. The third kappa shape index (κ3) is 3.71. The highest BCUT2D eigenvalue weighted by molar-refractivity contribution is 5.85. The van der Waals surface area contributed by atoms with Crippen LogP contribution in [0.4, 0.5) is 0 Å². The monoisotopic (exact) mass is 282 g/mol. The summed E-state index contributed by atoms with van der Waals surface area (Å²) < 4.78 is 0. The smallest absolute Gasteiger partial charge is 0.239 e. The van der Waals surface area contributed by atoms with Gasteiger partial charge in [0.1, 0.15) is 0 Å². The number of hydrogen-bond acceptors (Lipinski definition) is 4. The summed E-state index contributed by atoms with van der Waals surface area (Å²) in [5.41, 5.74) is -0.398. The Morgan fingerprint density at radius 3 is 2.60 bits per heavy atom. The second kappa shape index (κ2) is 6.87. The highest BCUT2D eigenvalue weighted by Crippen LogP contribution is 2.17. The van der Waals surface area contributed by atoms with Crippen molar-refractivity contribution in [3.8, 4) is 0 Å². The van der Waals surface area contributed by atoms with Crippen molar-refractivity contribution in [2.45, 2.75) is 32.7 Å². The largest absolute Gasteiger partial charge is 0.354 e. The predicted octanol–water partition coefficient (Wildman–Crippen LogP) is 0.128. The van der Waals surface area contributed by atoms with Crippen LogP contribution in [0.5, 0.6) is 0 Å². The molecule has 2 aliphatic heterocycles. The van der Waals surface area contributed by atoms with E-state index in [1.54, 1.807) is 0 Å². The van der Waals surface area contributed by atoms with E-state index in [1.165, 1.54) is 13.0 Å². The maximum Gasteiger partial charge on any atom is 0.239 e. The molecule has 0 radical (unpaired) electrons. The van der Waals surface area contributed by atoms with Crippen LogP contribution in [-0.4, -0.2) is 73.6 Å². The molecule has 0 aromatic carbocycles. The van der Waals surface area contributed by atoms with Crippen LogP contribution in [0.15, 0.2) is 0 Å². The summed E-state index contributed by atoms with van der Waals surface area (Å²) >= 11 is 0. The van der Waals surface area contributed by atoms with Crippen LogP contribution in [0.1, 0.15) is 27.2 Å². The lowest BCUT2D eigenvalue weighted by molar-refractivity contribution is -0.132. The molecule has 2 heterocycles. The molecule has 0 spiro atoms. The number of carbonyl (C=O) groups is 1. The predicted molar refractivity (Wildman–Crippen MR) is 81.8 cm³/mol. The van der Waals surface area contributed by atoms with E-state index < -0.39 is 5.54 Å². The fourth-order valence-electron chi connectivity index (χ4n) is 3.19. The summed E-state index contributed by atoms with van der Waals surface area (Å²) in [5.74, 6) is 0.798. The molecule has 0 bridgehead atoms. The Labute approximate surface area is 123 Å². The van der Waals surface area contributed by atoms with Gasteiger partial charge in [-0.2, -0.15) is 0 Å². The van der Waals surface area contributed by atoms with Gasteiger partial charge in [-0.1, -0.05) is 6.92 Å². The van der Waals surface area contributed by atoms with E-state index in [0.717, 1.165) is 45.8 Å². The molecule has 0 aliphatic carbocycles. The third-order valence-electron chi connectivity index (χ3n) is 4.83. The van der Waals surface area contributed by atoms with Gasteiger partial charge in [0.15, 0.2) is 0 Å². The minimum atomic E-state index is -0.398. The third-order valence-corrected chi connectivity index (χ3v) is 4.83. The Hall–Kier alpha value is -0.650. The highest BCUT2D eigenvalue weighted by Gasteiger charge is 2.35. The van der Waals surface area contributed by atoms with E-state index in [-0.39, 0.29) is 5.91 Å². The van der Waals surface area contributed by atoms with Crippen LogP contribution in [0.3, 0.4) is 0 Å². The second-order valence-corrected chi connectivity index (χ2v) is 6.55. The van der Waals surface area contributed by atoms with E-state index in [2.05, 4.69) is 27.4 Å². The van der Waals surface area contributed by atoms with Crippen molar-refractivity contribution < 1.29 is 4.79 Å². The Morgan fingerprint density at radius 2 is 2.00 bits per heavy atom. The normalized spacial score (nSPS) is 25.9. The first-order valence-electron chi connectivity index (χ1n) is 8.00. The molecule has 1 atom stereocenters. The Bertz CT molecular complexity index is 326. The molecule has 0 saturated carbocycles. The molecule has 0 aromatic heterocycles. The van der Waals surface area contributed by atoms with Gasteiger partial charge in [-0.25, -0.2) is 0 Å². The summed E-state index contributed by atoms with van der Waals surface area (Å²) in [6.07, 6.45) is 1.21. The number of hydrogen-bond donors (Lipinski definition) is 2. The topological polar surface area (TPSA) is 47.6 Å². The van der Waals surface area contributed by atoms with E-state index >= 15 is 0 Å². The van der Waals surface area contributed by atoms with E-state index in [4.69, 9.17) is 0 Å². The maximum atomic E-state index is 12.5. The van der Waals surface area contributed by atoms with Crippen LogP contribution in [0, 0.1) is 5.92 Å². The van der Waals surface area contributed by atoms with Gasteiger partial charge in [0.25, 0.3) is 0 Å². The minimum absolute atomic E-state index is 0.175. The van der Waals surface area contributed by atoms with Gasteiger partial charge >= 0.3 is 0 Å². The summed E-state index contributed by atoms with van der Waals surface area (Å²) in [4.78, 5) is 17.2. The second-order valence-electron chi connectivity index (χ2n) is 6.55. The van der Waals surface area contributed by atoms with Crippen LogP contribution >= 0.6 is 0 Å². The Morgan fingerprint density at radius 1 is 1.30 bits per heavy atom. The number of amides is 1. The van der Waals surface area contributed by atoms with Crippen molar-refractivity contribution in [2.24, 2.45) is 5.92 Å². The molecule has 1 amide bonds. The van der Waals surface area contributed by atoms with Crippen molar-refractivity contribution in [3.05, 3.63) is 0 Å². The van der Waals surface area contributed by atoms with Crippen molar-refractivity contribution in [3.63, 3.8) is 0 Å². The summed E-state index contributed by atoms with van der Waals surface area (Å²) in [6, 6.07) is 0. The van der Waals surface area contributed by atoms with Crippen molar-refractivity contribution in [1.29, 1.82) is 0 Å². The molecule has 2 fully saturated rings. The van der Waals surface area contributed by atoms with Gasteiger partial charge in [0.05, 0.1) is 5.54 Å². The fourth-order valence-corrected chi connectivity index (χ4v) is 3.19. The lowest BCUT2D eigenvalue weighted by atomic mass is 9.99. The summed E-state index contributed by atoms with van der Waals surface area (Å²) in [7, 11) is 0. The van der Waals surface area contributed by atoms with Crippen molar-refractivity contribution in [2.75, 3.05) is 52.4 Å². The van der Waals surface area contributed by atoms with Crippen LogP contribution < -0.4 is 10.6 Å². The van der Waals surface area contributed by atoms with E-state index in [9.17, 15) is 4.79 Å². The van der Waals surface area contributed by atoms with Gasteiger partial charge in [0.2, 0.25) is 5.91 Å². The minimum Gasteiger partial charge on any atom is -0.354 e. The SMILES string of the molecule is CCN1CCC(CNC(=O)C(C)(C)N2CCNCC2)C1. The highest BCUT2D eigenvalue weighted by atomic mass is 16.2. The van der Waals surface area contributed by atoms with E-state index in [0.29, 0.717) is 5.92 Å². The zero-order valence-electron chi connectivity index (χ0n) is 13.2. The number of piperazine rings is 1. The summed E-state index contributed by atoms with van der Waals surface area (Å²) in [5, 5.41) is 6.51. The first kappa shape index (κ1) is 15.7. The van der Waals surface area contributed by atoms with Gasteiger partial charge in [-0.05, 0) is 39.3 Å². The molecule has 5 nitrogen and oxygen atoms in total. The molecule has 2 rings (SSSR count).